The molecule has 0 aliphatic rings. The van der Waals surface area contributed by atoms with E-state index in [1.54, 1.807) is 50.2 Å². The zero-order valence-corrected chi connectivity index (χ0v) is 32.6. The molecule has 0 aliphatic carbocycles. The van der Waals surface area contributed by atoms with E-state index in [1.165, 1.54) is 71.6 Å². The van der Waals surface area contributed by atoms with E-state index in [1.807, 2.05) is 0 Å². The highest BCUT2D eigenvalue weighted by Gasteiger charge is 2.30. The number of halogens is 6. The standard InChI is InChI=1S/2C18H17F3N4O3S/c1-10-13(23-6-5-15(10)28-9-18(19,20)21)8-29-17-24-12-7-11(16(26)27-2)3-4-14(12)25(17)22;1-10-13(23-6-5-15(10)28-9-18(19,20)21)8-29-17-24-12-4-3-11(16(26)27-2)7-14(12)25(17)22/h2*3-7H,8-9,22H2,1-2H3. The highest BCUT2D eigenvalue weighted by atomic mass is 32.2. The van der Waals surface area contributed by atoms with E-state index < -0.39 is 37.5 Å². The van der Waals surface area contributed by atoms with E-state index in [0.29, 0.717) is 77.5 Å². The second kappa shape index (κ2) is 18.1. The fourth-order valence-corrected chi connectivity index (χ4v) is 7.06. The summed E-state index contributed by atoms with van der Waals surface area (Å²) in [7, 11) is 2.58. The number of rotatable bonds is 12. The number of thioether (sulfide) groups is 2. The molecule has 22 heteroatoms. The SMILES string of the molecule is COC(=O)c1ccc2c(c1)nc(SCc1nccc(OCC(F)(F)F)c1C)n2N.COC(=O)c1ccc2nc(SCc3nccc(OCC(F)(F)F)c3C)n(N)c2c1. The number of aromatic nitrogens is 6. The fraction of sp³-hybridized carbons (Fsp3) is 0.278. The maximum atomic E-state index is 12.4. The average Bonchev–Trinajstić information content (AvgIpc) is 3.68. The summed E-state index contributed by atoms with van der Waals surface area (Å²) in [6.07, 6.45) is -6.05. The van der Waals surface area contributed by atoms with E-state index in [0.717, 1.165) is 0 Å². The number of carbonyl (C=O) groups is 2. The van der Waals surface area contributed by atoms with E-state index >= 15 is 0 Å². The average molecular weight is 853 g/mol. The van der Waals surface area contributed by atoms with E-state index in [9.17, 15) is 35.9 Å². The van der Waals surface area contributed by atoms with Crippen LogP contribution in [0.2, 0.25) is 0 Å². The number of esters is 2. The third-order valence-corrected chi connectivity index (χ3v) is 10.1. The van der Waals surface area contributed by atoms with Crippen molar-refractivity contribution in [2.45, 2.75) is 48.0 Å². The van der Waals surface area contributed by atoms with Gasteiger partial charge in [-0.25, -0.2) is 28.9 Å². The van der Waals surface area contributed by atoms with Crippen molar-refractivity contribution in [1.82, 2.24) is 29.3 Å². The smallest absolute Gasteiger partial charge is 0.422 e. The van der Waals surface area contributed by atoms with Crippen molar-refractivity contribution in [2.75, 3.05) is 39.1 Å². The molecule has 0 saturated heterocycles. The lowest BCUT2D eigenvalue weighted by molar-refractivity contribution is -0.154. The molecular weight excluding hydrogens is 819 g/mol. The van der Waals surface area contributed by atoms with Crippen LogP contribution in [-0.4, -0.2) is 81.0 Å². The second-order valence-electron chi connectivity index (χ2n) is 12.1. The van der Waals surface area contributed by atoms with Crippen LogP contribution >= 0.6 is 23.5 Å². The third-order valence-electron chi connectivity index (χ3n) is 8.13. The van der Waals surface area contributed by atoms with Crippen molar-refractivity contribution in [3.05, 3.63) is 94.6 Å². The summed E-state index contributed by atoms with van der Waals surface area (Å²) in [5.74, 6) is 12.1. The summed E-state index contributed by atoms with van der Waals surface area (Å²) < 4.78 is 96.1. The molecule has 6 aromatic rings. The van der Waals surface area contributed by atoms with E-state index in [2.05, 4.69) is 19.9 Å². The number of pyridine rings is 2. The van der Waals surface area contributed by atoms with Crippen molar-refractivity contribution in [2.24, 2.45) is 0 Å². The molecule has 4 N–H and O–H groups in total. The first kappa shape index (κ1) is 43.2. The Labute approximate surface area is 334 Å². The summed E-state index contributed by atoms with van der Waals surface area (Å²) >= 11 is 2.53. The molecule has 0 aliphatic heterocycles. The Bertz CT molecular complexity index is 2370. The van der Waals surface area contributed by atoms with Crippen molar-refractivity contribution in [3.8, 4) is 11.5 Å². The molecule has 4 aromatic heterocycles. The van der Waals surface area contributed by atoms with Crippen molar-refractivity contribution < 1.29 is 54.9 Å². The van der Waals surface area contributed by atoms with Gasteiger partial charge < -0.3 is 30.6 Å². The van der Waals surface area contributed by atoms with Gasteiger partial charge in [-0.2, -0.15) is 26.3 Å². The van der Waals surface area contributed by atoms with E-state index in [-0.39, 0.29) is 11.5 Å². The van der Waals surface area contributed by atoms with Gasteiger partial charge in [0.2, 0.25) is 0 Å². The monoisotopic (exact) mass is 852 g/mol. The Morgan fingerprint density at radius 1 is 0.655 bits per heavy atom. The Kier molecular flexibility index (Phi) is 13.5. The molecule has 0 atom stereocenters. The molecule has 4 heterocycles. The van der Waals surface area contributed by atoms with Gasteiger partial charge >= 0.3 is 24.3 Å². The molecule has 0 spiro atoms. The number of fused-ring (bicyclic) bond motifs is 2. The minimum Gasteiger partial charge on any atom is -0.484 e. The normalized spacial score (nSPS) is 11.6. The molecule has 0 amide bonds. The van der Waals surface area contributed by atoms with Crippen LogP contribution in [0.15, 0.2) is 71.2 Å². The lowest BCUT2D eigenvalue weighted by Crippen LogP contribution is -2.19. The second-order valence-corrected chi connectivity index (χ2v) is 14.0. The van der Waals surface area contributed by atoms with Crippen molar-refractivity contribution in [3.63, 3.8) is 0 Å². The van der Waals surface area contributed by atoms with E-state index in [4.69, 9.17) is 30.6 Å². The number of methoxy groups -OCH3 is 2. The number of ether oxygens (including phenoxy) is 4. The number of nitrogens with two attached hydrogens (primary N) is 2. The third kappa shape index (κ3) is 10.7. The summed E-state index contributed by atoms with van der Waals surface area (Å²) in [6, 6.07) is 12.4. The Hall–Kier alpha value is -5.90. The summed E-state index contributed by atoms with van der Waals surface area (Å²) in [5.41, 5.74) is 5.09. The molecule has 308 valence electrons. The van der Waals surface area contributed by atoms with Gasteiger partial charge in [0.1, 0.15) is 11.5 Å². The predicted octanol–water partition coefficient (Wildman–Crippen LogP) is 6.95. The number of nitrogens with zero attached hydrogens (tertiary/aromatic N) is 6. The first-order valence-electron chi connectivity index (χ1n) is 16.6. The molecule has 0 unspecified atom stereocenters. The van der Waals surface area contributed by atoms with Gasteiger partial charge in [0.15, 0.2) is 23.5 Å². The molecule has 0 saturated carbocycles. The molecule has 6 rings (SSSR count). The van der Waals surface area contributed by atoms with Crippen molar-refractivity contribution >= 4 is 57.5 Å². The fourth-order valence-electron chi connectivity index (χ4n) is 5.15. The molecule has 14 nitrogen and oxygen atoms in total. The quantitative estimate of drug-likeness (QED) is 0.0558. The topological polar surface area (TPSA) is 185 Å². The zero-order valence-electron chi connectivity index (χ0n) is 31.0. The van der Waals surface area contributed by atoms with Gasteiger partial charge in [0.05, 0.1) is 58.8 Å². The first-order chi connectivity index (χ1) is 27.4. The highest BCUT2D eigenvalue weighted by molar-refractivity contribution is 7.98. The van der Waals surface area contributed by atoms with Crippen LogP contribution in [0.25, 0.3) is 22.1 Å². The number of nitrogen functional groups attached to an aromatic ring is 2. The van der Waals surface area contributed by atoms with Gasteiger partial charge in [0.25, 0.3) is 0 Å². The lowest BCUT2D eigenvalue weighted by atomic mass is 10.2. The van der Waals surface area contributed by atoms with Gasteiger partial charge in [0, 0.05) is 35.0 Å². The number of imidazole rings is 2. The predicted molar refractivity (Wildman–Crippen MR) is 203 cm³/mol. The van der Waals surface area contributed by atoms with Gasteiger partial charge in [-0.1, -0.05) is 23.5 Å². The Balaban J connectivity index is 0.000000221. The van der Waals surface area contributed by atoms with Crippen molar-refractivity contribution in [1.29, 1.82) is 0 Å². The zero-order chi connectivity index (χ0) is 42.4. The number of hydrogen-bond acceptors (Lipinski definition) is 14. The Morgan fingerprint density at radius 2 is 1.10 bits per heavy atom. The van der Waals surface area contributed by atoms with Crippen LogP contribution in [0.3, 0.4) is 0 Å². The largest absolute Gasteiger partial charge is 0.484 e. The van der Waals surface area contributed by atoms with Crippen LogP contribution in [0.5, 0.6) is 11.5 Å². The summed E-state index contributed by atoms with van der Waals surface area (Å²) in [4.78, 5) is 40.6. The molecular formula is C36H34F6N8O6S2. The molecule has 2 aromatic carbocycles. The van der Waals surface area contributed by atoms with Crippen LogP contribution in [0, 0.1) is 13.8 Å². The summed E-state index contributed by atoms with van der Waals surface area (Å²) in [6.45, 7) is 0.544. The van der Waals surface area contributed by atoms with Crippen LogP contribution in [-0.2, 0) is 21.0 Å². The molecule has 0 bridgehead atoms. The first-order valence-corrected chi connectivity index (χ1v) is 18.6. The minimum atomic E-state index is -4.42. The molecule has 0 fully saturated rings. The number of carbonyl (C=O) groups excluding carboxylic acids is 2. The molecule has 58 heavy (non-hydrogen) atoms. The lowest BCUT2D eigenvalue weighted by Gasteiger charge is -2.13. The number of benzene rings is 2. The highest BCUT2D eigenvalue weighted by Crippen LogP contribution is 2.31. The molecule has 0 radical (unpaired) electrons. The van der Waals surface area contributed by atoms with Gasteiger partial charge in [-0.05, 0) is 62.4 Å². The van der Waals surface area contributed by atoms with Crippen LogP contribution in [0.1, 0.15) is 43.2 Å². The number of hydrogen-bond donors (Lipinski definition) is 2. The van der Waals surface area contributed by atoms with Crippen LogP contribution in [0.4, 0.5) is 26.3 Å². The maximum Gasteiger partial charge on any atom is 0.422 e. The minimum absolute atomic E-state index is 0.122. The summed E-state index contributed by atoms with van der Waals surface area (Å²) in [5, 5.41) is 0.926. The van der Waals surface area contributed by atoms with Gasteiger partial charge in [-0.3, -0.25) is 9.97 Å². The van der Waals surface area contributed by atoms with Crippen LogP contribution < -0.4 is 21.2 Å². The van der Waals surface area contributed by atoms with Gasteiger partial charge in [-0.15, -0.1) is 0 Å². The Morgan fingerprint density at radius 3 is 1.59 bits per heavy atom. The number of alkyl halides is 6. The maximum absolute atomic E-state index is 12.4.